The van der Waals surface area contributed by atoms with Crippen molar-refractivity contribution in [1.29, 1.82) is 0 Å². The van der Waals surface area contributed by atoms with Crippen LogP contribution in [0.2, 0.25) is 0 Å². The molecule has 0 radical (unpaired) electrons. The maximum Gasteiger partial charge on any atom is 0.319 e. The van der Waals surface area contributed by atoms with E-state index in [9.17, 15) is 9.59 Å². The minimum Gasteiger partial charge on any atom is -0.336 e. The lowest BCUT2D eigenvalue weighted by Gasteiger charge is -2.39. The molecule has 1 atom stereocenters. The van der Waals surface area contributed by atoms with Crippen molar-refractivity contribution in [3.8, 4) is 0 Å². The van der Waals surface area contributed by atoms with E-state index >= 15 is 0 Å². The van der Waals surface area contributed by atoms with Crippen LogP contribution in [-0.4, -0.2) is 65.4 Å². The van der Waals surface area contributed by atoms with Crippen LogP contribution in [0.25, 0.3) is 0 Å². The van der Waals surface area contributed by atoms with E-state index in [2.05, 4.69) is 4.98 Å². The van der Waals surface area contributed by atoms with E-state index < -0.39 is 5.41 Å². The van der Waals surface area contributed by atoms with Gasteiger partial charge < -0.3 is 14.7 Å². The van der Waals surface area contributed by atoms with Crippen LogP contribution >= 0.6 is 0 Å². The molecule has 0 bridgehead atoms. The van der Waals surface area contributed by atoms with Gasteiger partial charge in [0.2, 0.25) is 5.91 Å². The van der Waals surface area contributed by atoms with Crippen molar-refractivity contribution in [2.45, 2.75) is 32.7 Å². The van der Waals surface area contributed by atoms with Crippen LogP contribution in [0.4, 0.5) is 4.79 Å². The molecule has 1 spiro atoms. The van der Waals surface area contributed by atoms with Crippen LogP contribution in [0.1, 0.15) is 30.7 Å². The highest BCUT2D eigenvalue weighted by molar-refractivity contribution is 5.86. The van der Waals surface area contributed by atoms with Gasteiger partial charge in [0.25, 0.3) is 0 Å². The fourth-order valence-corrected chi connectivity index (χ4v) is 3.88. The third-order valence-corrected chi connectivity index (χ3v) is 5.13. The molecule has 130 valence electrons. The summed E-state index contributed by atoms with van der Waals surface area (Å²) in [5.41, 5.74) is 1.50. The van der Waals surface area contributed by atoms with Gasteiger partial charge in [-0.15, -0.1) is 0 Å². The number of hydrogen-bond acceptors (Lipinski definition) is 3. The summed E-state index contributed by atoms with van der Waals surface area (Å²) in [6, 6.07) is 5.91. The number of hydrogen-bond donors (Lipinski definition) is 0. The van der Waals surface area contributed by atoms with E-state index in [1.807, 2.05) is 34.9 Å². The Morgan fingerprint density at radius 1 is 1.29 bits per heavy atom. The number of carbonyl (C=O) groups is 2. The van der Waals surface area contributed by atoms with Gasteiger partial charge in [-0.1, -0.05) is 6.07 Å². The van der Waals surface area contributed by atoms with E-state index in [1.165, 1.54) is 0 Å². The number of pyridine rings is 1. The molecule has 1 aromatic heterocycles. The second kappa shape index (κ2) is 6.42. The fourth-order valence-electron chi connectivity index (χ4n) is 3.88. The van der Waals surface area contributed by atoms with Gasteiger partial charge in [-0.25, -0.2) is 4.79 Å². The average Bonchev–Trinajstić information content (AvgIpc) is 2.83. The van der Waals surface area contributed by atoms with Gasteiger partial charge in [0.1, 0.15) is 0 Å². The standard InChI is InChI=1S/C18H26N4O2/c1-14-6-4-7-15(19-14)12-21-11-9-18(16(21)23)8-5-10-22(13-18)17(24)20(2)3/h4,6-7H,5,8-13H2,1-3H3. The molecule has 0 saturated carbocycles. The van der Waals surface area contributed by atoms with E-state index in [4.69, 9.17) is 0 Å². The monoisotopic (exact) mass is 330 g/mol. The Kier molecular flexibility index (Phi) is 4.47. The number of carbonyl (C=O) groups excluding carboxylic acids is 2. The third kappa shape index (κ3) is 3.09. The van der Waals surface area contributed by atoms with Crippen LogP contribution in [-0.2, 0) is 11.3 Å². The minimum absolute atomic E-state index is 0.000626. The Morgan fingerprint density at radius 3 is 2.79 bits per heavy atom. The summed E-state index contributed by atoms with van der Waals surface area (Å²) in [7, 11) is 3.52. The normalized spacial score (nSPS) is 23.9. The first-order valence-corrected chi connectivity index (χ1v) is 8.59. The first-order chi connectivity index (χ1) is 11.4. The molecular formula is C18H26N4O2. The average molecular weight is 330 g/mol. The number of likely N-dealkylation sites (tertiary alicyclic amines) is 2. The quantitative estimate of drug-likeness (QED) is 0.832. The number of amides is 3. The summed E-state index contributed by atoms with van der Waals surface area (Å²) in [6.07, 6.45) is 2.59. The zero-order valence-electron chi connectivity index (χ0n) is 14.8. The largest absolute Gasteiger partial charge is 0.336 e. The topological polar surface area (TPSA) is 56.8 Å². The van der Waals surface area contributed by atoms with Crippen molar-refractivity contribution in [3.63, 3.8) is 0 Å². The molecule has 0 aromatic carbocycles. The Bertz CT molecular complexity index is 646. The predicted molar refractivity (Wildman–Crippen MR) is 91.3 cm³/mol. The lowest BCUT2D eigenvalue weighted by molar-refractivity contribution is -0.138. The van der Waals surface area contributed by atoms with Crippen LogP contribution in [0.15, 0.2) is 18.2 Å². The Balaban J connectivity index is 1.71. The lowest BCUT2D eigenvalue weighted by Crippen LogP contribution is -2.52. The van der Waals surface area contributed by atoms with Gasteiger partial charge in [0.15, 0.2) is 0 Å². The summed E-state index contributed by atoms with van der Waals surface area (Å²) in [5, 5.41) is 0. The summed E-state index contributed by atoms with van der Waals surface area (Å²) < 4.78 is 0. The molecule has 1 unspecified atom stereocenters. The highest BCUT2D eigenvalue weighted by atomic mass is 16.2. The molecule has 2 aliphatic rings. The number of rotatable bonds is 2. The van der Waals surface area contributed by atoms with Crippen LogP contribution in [0, 0.1) is 12.3 Å². The van der Waals surface area contributed by atoms with Crippen molar-refractivity contribution in [1.82, 2.24) is 19.7 Å². The number of nitrogens with zero attached hydrogens (tertiary/aromatic N) is 4. The molecule has 6 heteroatoms. The molecule has 2 saturated heterocycles. The van der Waals surface area contributed by atoms with E-state index in [-0.39, 0.29) is 11.9 Å². The second-order valence-corrected chi connectivity index (χ2v) is 7.23. The maximum absolute atomic E-state index is 13.1. The summed E-state index contributed by atoms with van der Waals surface area (Å²) in [5.74, 6) is 0.182. The lowest BCUT2D eigenvalue weighted by atomic mass is 9.78. The van der Waals surface area contributed by atoms with Crippen molar-refractivity contribution in [2.24, 2.45) is 5.41 Å². The van der Waals surface area contributed by atoms with Crippen LogP contribution in [0.5, 0.6) is 0 Å². The van der Waals surface area contributed by atoms with E-state index in [1.54, 1.807) is 19.0 Å². The van der Waals surface area contributed by atoms with E-state index in [0.29, 0.717) is 13.1 Å². The van der Waals surface area contributed by atoms with Gasteiger partial charge in [-0.05, 0) is 38.3 Å². The number of piperidine rings is 1. The molecule has 0 N–H and O–H groups in total. The van der Waals surface area contributed by atoms with E-state index in [0.717, 1.165) is 43.7 Å². The molecular weight excluding hydrogens is 304 g/mol. The summed E-state index contributed by atoms with van der Waals surface area (Å²) >= 11 is 0. The molecule has 3 rings (SSSR count). The Hall–Kier alpha value is -2.11. The first-order valence-electron chi connectivity index (χ1n) is 8.59. The molecule has 1 aromatic rings. The van der Waals surface area contributed by atoms with Gasteiger partial charge in [0.05, 0.1) is 17.7 Å². The Morgan fingerprint density at radius 2 is 2.08 bits per heavy atom. The molecule has 3 heterocycles. The zero-order chi connectivity index (χ0) is 17.3. The minimum atomic E-state index is -0.395. The van der Waals surface area contributed by atoms with Crippen molar-refractivity contribution < 1.29 is 9.59 Å². The number of aryl methyl sites for hydroxylation is 1. The molecule has 6 nitrogen and oxygen atoms in total. The van der Waals surface area contributed by atoms with Crippen molar-refractivity contribution in [3.05, 3.63) is 29.6 Å². The zero-order valence-corrected chi connectivity index (χ0v) is 14.8. The molecule has 3 amide bonds. The van der Waals surface area contributed by atoms with Gasteiger partial charge in [-0.3, -0.25) is 9.78 Å². The fraction of sp³-hybridized carbons (Fsp3) is 0.611. The third-order valence-electron chi connectivity index (χ3n) is 5.13. The van der Waals surface area contributed by atoms with Crippen LogP contribution < -0.4 is 0 Å². The highest BCUT2D eigenvalue weighted by Gasteiger charge is 2.49. The van der Waals surface area contributed by atoms with Gasteiger partial charge >= 0.3 is 6.03 Å². The highest BCUT2D eigenvalue weighted by Crippen LogP contribution is 2.40. The SMILES string of the molecule is Cc1cccc(CN2CCC3(CCCN(C(=O)N(C)C)C3)C2=O)n1. The van der Waals surface area contributed by atoms with Crippen LogP contribution in [0.3, 0.4) is 0 Å². The number of aromatic nitrogens is 1. The number of urea groups is 1. The predicted octanol–water partition coefficient (Wildman–Crippen LogP) is 1.89. The smallest absolute Gasteiger partial charge is 0.319 e. The first kappa shape index (κ1) is 16.7. The molecule has 2 fully saturated rings. The maximum atomic E-state index is 13.1. The summed E-state index contributed by atoms with van der Waals surface area (Å²) in [4.78, 5) is 35.2. The summed E-state index contributed by atoms with van der Waals surface area (Å²) in [6.45, 7) is 4.55. The molecule has 0 aliphatic carbocycles. The second-order valence-electron chi connectivity index (χ2n) is 7.23. The Labute approximate surface area is 143 Å². The van der Waals surface area contributed by atoms with Gasteiger partial charge in [-0.2, -0.15) is 0 Å². The van der Waals surface area contributed by atoms with Crippen molar-refractivity contribution >= 4 is 11.9 Å². The van der Waals surface area contributed by atoms with Crippen molar-refractivity contribution in [2.75, 3.05) is 33.7 Å². The molecule has 2 aliphatic heterocycles. The van der Waals surface area contributed by atoms with Gasteiger partial charge in [0, 0.05) is 39.4 Å². The molecule has 24 heavy (non-hydrogen) atoms.